The fourth-order valence-corrected chi connectivity index (χ4v) is 4.08. The molecule has 150 valence electrons. The maximum absolute atomic E-state index is 11.2. The molecule has 28 heavy (non-hydrogen) atoms. The number of benzene rings is 2. The van der Waals surface area contributed by atoms with E-state index in [4.69, 9.17) is 0 Å². The van der Waals surface area contributed by atoms with Gasteiger partial charge in [-0.1, -0.05) is 35.9 Å². The summed E-state index contributed by atoms with van der Waals surface area (Å²) in [6, 6.07) is 14.7. The zero-order valence-corrected chi connectivity index (χ0v) is 17.2. The monoisotopic (exact) mass is 401 g/mol. The molecule has 2 aromatic carbocycles. The predicted octanol–water partition coefficient (Wildman–Crippen LogP) is 5.04. The number of carbonyl (C=O) groups is 1. The number of nitrogens with zero attached hydrogens (tertiary/aromatic N) is 1. The fraction of sp³-hybridized carbons (Fsp3) is 0.348. The lowest BCUT2D eigenvalue weighted by Gasteiger charge is -2.35. The van der Waals surface area contributed by atoms with Crippen LogP contribution in [0.4, 0.5) is 0 Å². The summed E-state index contributed by atoms with van der Waals surface area (Å²) >= 11 is 0. The molecule has 2 N–H and O–H groups in total. The van der Waals surface area contributed by atoms with Gasteiger partial charge in [0.1, 0.15) is 5.75 Å². The van der Waals surface area contributed by atoms with E-state index in [-0.39, 0.29) is 12.4 Å². The van der Waals surface area contributed by atoms with Gasteiger partial charge in [0.25, 0.3) is 0 Å². The van der Waals surface area contributed by atoms with Crippen LogP contribution in [0.3, 0.4) is 0 Å². The van der Waals surface area contributed by atoms with Crippen molar-refractivity contribution in [2.45, 2.75) is 25.2 Å². The van der Waals surface area contributed by atoms with Gasteiger partial charge < -0.3 is 15.1 Å². The topological polar surface area (TPSA) is 60.8 Å². The Kier molecular flexibility index (Phi) is 7.67. The number of carboxylic acid groups (broad SMARTS) is 1. The summed E-state index contributed by atoms with van der Waals surface area (Å²) < 4.78 is 0. The molecular weight excluding hydrogens is 374 g/mol. The van der Waals surface area contributed by atoms with Crippen LogP contribution < -0.4 is 0 Å². The molecule has 0 radical (unpaired) electrons. The SMILES string of the molecule is CN(C)C[C@@H]1CC/C(=C/c2cccc(C(=O)O)c2)C[C@H]1c1cccc(O)c1.Cl. The van der Waals surface area contributed by atoms with Gasteiger partial charge in [-0.15, -0.1) is 12.4 Å². The van der Waals surface area contributed by atoms with E-state index in [0.29, 0.717) is 23.1 Å². The number of halogens is 1. The predicted molar refractivity (Wildman–Crippen MR) is 115 cm³/mol. The van der Waals surface area contributed by atoms with Crippen LogP contribution >= 0.6 is 12.4 Å². The molecule has 2 aromatic rings. The molecule has 0 aromatic heterocycles. The zero-order chi connectivity index (χ0) is 19.4. The number of allylic oxidation sites excluding steroid dienone is 1. The molecule has 3 rings (SSSR count). The van der Waals surface area contributed by atoms with Crippen LogP contribution in [0.1, 0.15) is 46.7 Å². The minimum absolute atomic E-state index is 0. The summed E-state index contributed by atoms with van der Waals surface area (Å²) in [6.07, 6.45) is 5.17. The average Bonchev–Trinajstić information content (AvgIpc) is 2.63. The Morgan fingerprint density at radius 2 is 1.93 bits per heavy atom. The first kappa shape index (κ1) is 22.0. The van der Waals surface area contributed by atoms with E-state index in [1.165, 1.54) is 11.1 Å². The minimum atomic E-state index is -0.900. The molecule has 0 spiro atoms. The summed E-state index contributed by atoms with van der Waals surface area (Å²) in [5.74, 6) is 0.287. The van der Waals surface area contributed by atoms with E-state index in [9.17, 15) is 15.0 Å². The Bertz CT molecular complexity index is 847. The van der Waals surface area contributed by atoms with Gasteiger partial charge in [0.2, 0.25) is 0 Å². The van der Waals surface area contributed by atoms with Gasteiger partial charge in [-0.05, 0) is 80.6 Å². The second kappa shape index (κ2) is 9.76. The molecule has 0 unspecified atom stereocenters. The standard InChI is InChI=1S/C23H27NO3.ClH/c1-24(2)15-20-10-9-17(11-16-5-3-7-19(12-16)23(26)27)13-22(20)18-6-4-8-21(25)14-18;/h3-8,11-12,14,20,22,25H,9-10,13,15H2,1-2H3,(H,26,27);1H/b17-11-;/t20-,22-;/m0./s1. The Hall–Kier alpha value is -2.30. The maximum atomic E-state index is 11.2. The Morgan fingerprint density at radius 3 is 2.61 bits per heavy atom. The molecule has 2 atom stereocenters. The number of carboxylic acids is 1. The number of rotatable bonds is 5. The van der Waals surface area contributed by atoms with Crippen molar-refractivity contribution in [1.82, 2.24) is 4.90 Å². The lowest BCUT2D eigenvalue weighted by atomic mass is 9.73. The number of phenols is 1. The van der Waals surface area contributed by atoms with E-state index in [0.717, 1.165) is 31.4 Å². The minimum Gasteiger partial charge on any atom is -0.508 e. The molecule has 0 amide bonds. The van der Waals surface area contributed by atoms with Crippen LogP contribution in [0.25, 0.3) is 6.08 Å². The third kappa shape index (κ3) is 5.60. The highest BCUT2D eigenvalue weighted by Crippen LogP contribution is 2.42. The normalized spacial score (nSPS) is 20.8. The van der Waals surface area contributed by atoms with Crippen molar-refractivity contribution in [2.24, 2.45) is 5.92 Å². The highest BCUT2D eigenvalue weighted by Gasteiger charge is 2.29. The number of aromatic carboxylic acids is 1. The van der Waals surface area contributed by atoms with Gasteiger partial charge in [0.15, 0.2) is 0 Å². The van der Waals surface area contributed by atoms with Gasteiger partial charge in [0, 0.05) is 6.54 Å². The van der Waals surface area contributed by atoms with Crippen LogP contribution in [-0.4, -0.2) is 41.7 Å². The molecule has 0 heterocycles. The fourth-order valence-electron chi connectivity index (χ4n) is 4.08. The lowest BCUT2D eigenvalue weighted by molar-refractivity contribution is 0.0697. The van der Waals surface area contributed by atoms with Gasteiger partial charge in [0.05, 0.1) is 5.56 Å². The van der Waals surface area contributed by atoms with E-state index in [2.05, 4.69) is 31.1 Å². The van der Waals surface area contributed by atoms with Crippen molar-refractivity contribution in [3.8, 4) is 5.75 Å². The zero-order valence-electron chi connectivity index (χ0n) is 16.3. The van der Waals surface area contributed by atoms with Crippen molar-refractivity contribution >= 4 is 24.5 Å². The second-order valence-corrected chi connectivity index (χ2v) is 7.70. The van der Waals surface area contributed by atoms with Crippen molar-refractivity contribution in [1.29, 1.82) is 0 Å². The summed E-state index contributed by atoms with van der Waals surface area (Å²) in [5.41, 5.74) is 3.76. The van der Waals surface area contributed by atoms with Crippen molar-refractivity contribution < 1.29 is 15.0 Å². The number of hydrogen-bond acceptors (Lipinski definition) is 3. The molecule has 1 fully saturated rings. The molecule has 1 aliphatic carbocycles. The van der Waals surface area contributed by atoms with E-state index in [1.807, 2.05) is 18.2 Å². The van der Waals surface area contributed by atoms with E-state index < -0.39 is 5.97 Å². The van der Waals surface area contributed by atoms with Gasteiger partial charge >= 0.3 is 5.97 Å². The largest absolute Gasteiger partial charge is 0.508 e. The molecule has 0 aliphatic heterocycles. The third-order valence-electron chi connectivity index (χ3n) is 5.29. The third-order valence-corrected chi connectivity index (χ3v) is 5.29. The maximum Gasteiger partial charge on any atom is 0.335 e. The Labute approximate surface area is 172 Å². The van der Waals surface area contributed by atoms with Crippen molar-refractivity contribution in [3.63, 3.8) is 0 Å². The molecular formula is C23H28ClNO3. The van der Waals surface area contributed by atoms with Crippen LogP contribution in [0.5, 0.6) is 5.75 Å². The first-order valence-corrected chi connectivity index (χ1v) is 9.39. The number of phenolic OH excluding ortho intramolecular Hbond substituents is 1. The molecule has 0 bridgehead atoms. The van der Waals surface area contributed by atoms with Gasteiger partial charge in [-0.3, -0.25) is 0 Å². The smallest absolute Gasteiger partial charge is 0.335 e. The summed E-state index contributed by atoms with van der Waals surface area (Å²) in [4.78, 5) is 13.4. The summed E-state index contributed by atoms with van der Waals surface area (Å²) in [7, 11) is 4.20. The highest BCUT2D eigenvalue weighted by molar-refractivity contribution is 5.88. The van der Waals surface area contributed by atoms with Crippen LogP contribution in [0.2, 0.25) is 0 Å². The number of aromatic hydroxyl groups is 1. The van der Waals surface area contributed by atoms with Crippen molar-refractivity contribution in [3.05, 3.63) is 70.8 Å². The number of hydrogen-bond donors (Lipinski definition) is 2. The van der Waals surface area contributed by atoms with Gasteiger partial charge in [-0.2, -0.15) is 0 Å². The van der Waals surface area contributed by atoms with Crippen LogP contribution in [-0.2, 0) is 0 Å². The molecule has 1 aliphatic rings. The Morgan fingerprint density at radius 1 is 1.18 bits per heavy atom. The lowest BCUT2D eigenvalue weighted by Crippen LogP contribution is -2.29. The molecule has 1 saturated carbocycles. The molecule has 0 saturated heterocycles. The van der Waals surface area contributed by atoms with Crippen molar-refractivity contribution in [2.75, 3.05) is 20.6 Å². The first-order chi connectivity index (χ1) is 12.9. The molecule has 5 heteroatoms. The quantitative estimate of drug-likeness (QED) is 0.736. The first-order valence-electron chi connectivity index (χ1n) is 9.39. The van der Waals surface area contributed by atoms with Crippen LogP contribution in [0.15, 0.2) is 54.1 Å². The van der Waals surface area contributed by atoms with E-state index in [1.54, 1.807) is 24.3 Å². The van der Waals surface area contributed by atoms with E-state index >= 15 is 0 Å². The Balaban J connectivity index is 0.00000280. The summed E-state index contributed by atoms with van der Waals surface area (Å²) in [5, 5.41) is 19.1. The summed E-state index contributed by atoms with van der Waals surface area (Å²) in [6.45, 7) is 1.02. The highest BCUT2D eigenvalue weighted by atomic mass is 35.5. The van der Waals surface area contributed by atoms with Gasteiger partial charge in [-0.25, -0.2) is 4.79 Å². The average molecular weight is 402 g/mol. The van der Waals surface area contributed by atoms with Crippen LogP contribution in [0, 0.1) is 5.92 Å². The molecule has 4 nitrogen and oxygen atoms in total. The second-order valence-electron chi connectivity index (χ2n) is 7.70.